The highest BCUT2D eigenvalue weighted by atomic mass is 32.2. The van der Waals surface area contributed by atoms with Gasteiger partial charge in [0.1, 0.15) is 5.75 Å². The molecule has 1 saturated carbocycles. The molecule has 2 aromatic carbocycles. The molecule has 174 valence electrons. The summed E-state index contributed by atoms with van der Waals surface area (Å²) in [6, 6.07) is 9.29. The Bertz CT molecular complexity index is 1020. The standard InChI is InChI=1S/C22H25F3N2O4S/c1-15(21(28)26-17-5-3-2-4-6-17)31-19-11-13-20(14-12-19)32(29,30)27-18-9-7-16(8-10-18)22(23,24)25/h7-15,17,27H,2-6H2,1H3,(H,26,28)/t15-/m0/s1. The molecule has 0 saturated heterocycles. The van der Waals surface area contributed by atoms with Crippen molar-refractivity contribution in [1.29, 1.82) is 0 Å². The summed E-state index contributed by atoms with van der Waals surface area (Å²) < 4.78 is 70.8. The number of rotatable bonds is 7. The van der Waals surface area contributed by atoms with Crippen molar-refractivity contribution in [1.82, 2.24) is 5.32 Å². The van der Waals surface area contributed by atoms with Gasteiger partial charge in [-0.2, -0.15) is 13.2 Å². The van der Waals surface area contributed by atoms with Gasteiger partial charge >= 0.3 is 6.18 Å². The molecule has 32 heavy (non-hydrogen) atoms. The Hall–Kier alpha value is -2.75. The van der Waals surface area contributed by atoms with Gasteiger partial charge in [-0.05, 0) is 68.3 Å². The maximum Gasteiger partial charge on any atom is 0.416 e. The lowest BCUT2D eigenvalue weighted by Gasteiger charge is -2.24. The van der Waals surface area contributed by atoms with Crippen molar-refractivity contribution in [2.45, 2.75) is 62.2 Å². The molecule has 0 spiro atoms. The van der Waals surface area contributed by atoms with E-state index < -0.39 is 27.9 Å². The molecule has 0 aromatic heterocycles. The minimum atomic E-state index is -4.50. The van der Waals surface area contributed by atoms with E-state index in [4.69, 9.17) is 4.74 Å². The summed E-state index contributed by atoms with van der Waals surface area (Å²) in [4.78, 5) is 12.2. The van der Waals surface area contributed by atoms with Gasteiger partial charge in [0.15, 0.2) is 6.10 Å². The maximum atomic E-state index is 12.6. The number of hydrogen-bond acceptors (Lipinski definition) is 4. The first-order chi connectivity index (χ1) is 15.0. The third kappa shape index (κ3) is 6.38. The van der Waals surface area contributed by atoms with Crippen LogP contribution in [0.4, 0.5) is 18.9 Å². The molecule has 0 bridgehead atoms. The number of ether oxygens (including phenoxy) is 1. The van der Waals surface area contributed by atoms with Crippen LogP contribution in [0.5, 0.6) is 5.75 Å². The average molecular weight is 471 g/mol. The van der Waals surface area contributed by atoms with Crippen LogP contribution in [0.1, 0.15) is 44.6 Å². The summed E-state index contributed by atoms with van der Waals surface area (Å²) in [7, 11) is -4.01. The molecular formula is C22H25F3N2O4S. The molecule has 2 N–H and O–H groups in total. The van der Waals surface area contributed by atoms with Gasteiger partial charge in [-0.15, -0.1) is 0 Å². The quantitative estimate of drug-likeness (QED) is 0.613. The Morgan fingerprint density at radius 1 is 1.00 bits per heavy atom. The summed E-state index contributed by atoms with van der Waals surface area (Å²) in [6.45, 7) is 1.62. The molecule has 1 aliphatic carbocycles. The summed E-state index contributed by atoms with van der Waals surface area (Å²) in [5.74, 6) is 0.0994. The van der Waals surface area contributed by atoms with Gasteiger partial charge in [0.2, 0.25) is 0 Å². The summed E-state index contributed by atoms with van der Waals surface area (Å²) in [5.41, 5.74) is -0.866. The zero-order valence-electron chi connectivity index (χ0n) is 17.5. The van der Waals surface area contributed by atoms with Crippen LogP contribution in [0.3, 0.4) is 0 Å². The van der Waals surface area contributed by atoms with Crippen LogP contribution in [-0.4, -0.2) is 26.5 Å². The Morgan fingerprint density at radius 3 is 2.16 bits per heavy atom. The Balaban J connectivity index is 1.59. The van der Waals surface area contributed by atoms with Crippen molar-refractivity contribution in [3.8, 4) is 5.75 Å². The molecule has 1 fully saturated rings. The van der Waals surface area contributed by atoms with Gasteiger partial charge in [-0.1, -0.05) is 19.3 Å². The second kappa shape index (κ2) is 9.81. The molecular weight excluding hydrogens is 445 g/mol. The van der Waals surface area contributed by atoms with Gasteiger partial charge in [0.05, 0.1) is 10.5 Å². The van der Waals surface area contributed by atoms with Gasteiger partial charge in [0.25, 0.3) is 15.9 Å². The van der Waals surface area contributed by atoms with Crippen LogP contribution >= 0.6 is 0 Å². The maximum absolute atomic E-state index is 12.6. The van der Waals surface area contributed by atoms with Crippen molar-refractivity contribution in [3.63, 3.8) is 0 Å². The van der Waals surface area contributed by atoms with Crippen molar-refractivity contribution >= 4 is 21.6 Å². The molecule has 0 unspecified atom stereocenters. The van der Waals surface area contributed by atoms with E-state index in [2.05, 4.69) is 10.0 Å². The van der Waals surface area contributed by atoms with Gasteiger partial charge in [-0.3, -0.25) is 9.52 Å². The van der Waals surface area contributed by atoms with E-state index in [1.807, 2.05) is 0 Å². The molecule has 6 nitrogen and oxygen atoms in total. The van der Waals surface area contributed by atoms with Crippen molar-refractivity contribution in [2.24, 2.45) is 0 Å². The molecule has 2 aromatic rings. The van der Waals surface area contributed by atoms with Crippen molar-refractivity contribution < 1.29 is 31.1 Å². The number of sulfonamides is 1. The molecule has 0 aliphatic heterocycles. The van der Waals surface area contributed by atoms with Crippen LogP contribution in [0.15, 0.2) is 53.4 Å². The van der Waals surface area contributed by atoms with Crippen molar-refractivity contribution in [2.75, 3.05) is 4.72 Å². The molecule has 0 heterocycles. The van der Waals surface area contributed by atoms with E-state index in [0.29, 0.717) is 5.75 Å². The molecule has 3 rings (SSSR count). The second-order valence-corrected chi connectivity index (χ2v) is 9.44. The fourth-order valence-electron chi connectivity index (χ4n) is 3.46. The number of amides is 1. The van der Waals surface area contributed by atoms with Gasteiger partial charge in [0, 0.05) is 11.7 Å². The predicted octanol–water partition coefficient (Wildman–Crippen LogP) is 4.72. The first-order valence-electron chi connectivity index (χ1n) is 10.3. The monoisotopic (exact) mass is 470 g/mol. The van der Waals surface area contributed by atoms with Crippen LogP contribution in [0, 0.1) is 0 Å². The normalized spacial score (nSPS) is 16.2. The molecule has 0 radical (unpaired) electrons. The van der Waals surface area contributed by atoms with E-state index in [1.165, 1.54) is 30.7 Å². The number of carbonyl (C=O) groups excluding carboxylic acids is 1. The van der Waals surface area contributed by atoms with E-state index >= 15 is 0 Å². The highest BCUT2D eigenvalue weighted by Crippen LogP contribution is 2.30. The number of alkyl halides is 3. The Labute approximate surface area is 185 Å². The third-order valence-electron chi connectivity index (χ3n) is 5.23. The summed E-state index contributed by atoms with van der Waals surface area (Å²) >= 11 is 0. The van der Waals surface area contributed by atoms with E-state index in [9.17, 15) is 26.4 Å². The molecule has 10 heteroatoms. The first-order valence-corrected chi connectivity index (χ1v) is 11.8. The lowest BCUT2D eigenvalue weighted by Crippen LogP contribution is -2.43. The highest BCUT2D eigenvalue weighted by molar-refractivity contribution is 7.92. The topological polar surface area (TPSA) is 84.5 Å². The SMILES string of the molecule is C[C@H](Oc1ccc(S(=O)(=O)Nc2ccc(C(F)(F)F)cc2)cc1)C(=O)NC1CCCCC1. The van der Waals surface area contributed by atoms with Crippen LogP contribution in [0.25, 0.3) is 0 Å². The predicted molar refractivity (Wildman–Crippen MR) is 114 cm³/mol. The third-order valence-corrected chi connectivity index (χ3v) is 6.63. The van der Waals surface area contributed by atoms with E-state index in [1.54, 1.807) is 6.92 Å². The summed E-state index contributed by atoms with van der Waals surface area (Å²) in [5, 5.41) is 2.97. The molecule has 1 aliphatic rings. The number of benzene rings is 2. The zero-order valence-corrected chi connectivity index (χ0v) is 18.3. The van der Waals surface area contributed by atoms with E-state index in [0.717, 1.165) is 49.9 Å². The average Bonchev–Trinajstić information content (AvgIpc) is 2.74. The second-order valence-electron chi connectivity index (χ2n) is 7.76. The zero-order chi connectivity index (χ0) is 23.4. The summed E-state index contributed by atoms with van der Waals surface area (Å²) in [6.07, 6.45) is 0.0323. The lowest BCUT2D eigenvalue weighted by atomic mass is 9.95. The number of hydrogen-bond donors (Lipinski definition) is 2. The highest BCUT2D eigenvalue weighted by Gasteiger charge is 2.30. The van der Waals surface area contributed by atoms with Gasteiger partial charge < -0.3 is 10.1 Å². The minimum Gasteiger partial charge on any atom is -0.481 e. The number of anilines is 1. The number of halogens is 3. The largest absolute Gasteiger partial charge is 0.481 e. The number of carbonyl (C=O) groups is 1. The Kier molecular flexibility index (Phi) is 7.33. The van der Waals surface area contributed by atoms with Crippen molar-refractivity contribution in [3.05, 3.63) is 54.1 Å². The van der Waals surface area contributed by atoms with Gasteiger partial charge in [-0.25, -0.2) is 8.42 Å². The lowest BCUT2D eigenvalue weighted by molar-refractivity contribution is -0.137. The van der Waals surface area contributed by atoms with Crippen LogP contribution in [0.2, 0.25) is 0 Å². The van der Waals surface area contributed by atoms with Crippen LogP contribution < -0.4 is 14.8 Å². The minimum absolute atomic E-state index is 0.00586. The van der Waals surface area contributed by atoms with E-state index in [-0.39, 0.29) is 22.5 Å². The smallest absolute Gasteiger partial charge is 0.416 e. The number of nitrogens with one attached hydrogen (secondary N) is 2. The fourth-order valence-corrected chi connectivity index (χ4v) is 4.52. The molecule has 1 amide bonds. The molecule has 1 atom stereocenters. The van der Waals surface area contributed by atoms with Crippen LogP contribution in [-0.2, 0) is 21.0 Å². The fraction of sp³-hybridized carbons (Fsp3) is 0.409. The Morgan fingerprint density at radius 2 is 1.59 bits per heavy atom. The first kappa shape index (κ1) is 23.9.